The molecule has 0 radical (unpaired) electrons. The van der Waals surface area contributed by atoms with Crippen molar-refractivity contribution in [2.45, 2.75) is 39.1 Å². The zero-order chi connectivity index (χ0) is 22.2. The van der Waals surface area contributed by atoms with Gasteiger partial charge in [0, 0.05) is 36.3 Å². The maximum absolute atomic E-state index is 13.2. The third kappa shape index (κ3) is 4.61. The average Bonchev–Trinajstić information content (AvgIpc) is 3.22. The molecule has 0 amide bonds. The molecule has 0 spiro atoms. The van der Waals surface area contributed by atoms with E-state index in [0.29, 0.717) is 40.1 Å². The molecular formula is C22H25F3N4O2. The summed E-state index contributed by atoms with van der Waals surface area (Å²) in [6.07, 6.45) is 1.55. The van der Waals surface area contributed by atoms with E-state index >= 15 is 0 Å². The zero-order valence-electron chi connectivity index (χ0n) is 17.5. The van der Waals surface area contributed by atoms with Gasteiger partial charge in [-0.15, -0.1) is 13.2 Å². The molecule has 1 aliphatic rings. The first-order valence-electron chi connectivity index (χ1n) is 10.4. The lowest BCUT2D eigenvalue weighted by atomic mass is 9.94. The first-order chi connectivity index (χ1) is 14.7. The van der Waals surface area contributed by atoms with Gasteiger partial charge in [0.05, 0.1) is 6.20 Å². The van der Waals surface area contributed by atoms with Crippen LogP contribution in [0.25, 0.3) is 22.0 Å². The Kier molecular flexibility index (Phi) is 5.79. The van der Waals surface area contributed by atoms with E-state index in [9.17, 15) is 18.0 Å². The van der Waals surface area contributed by atoms with Crippen LogP contribution < -0.4 is 10.3 Å². The largest absolute Gasteiger partial charge is 0.573 e. The van der Waals surface area contributed by atoms with Crippen LogP contribution in [0.1, 0.15) is 31.7 Å². The summed E-state index contributed by atoms with van der Waals surface area (Å²) >= 11 is 0. The van der Waals surface area contributed by atoms with Gasteiger partial charge < -0.3 is 9.30 Å². The molecule has 1 fully saturated rings. The number of pyridine rings is 1. The smallest absolute Gasteiger partial charge is 0.405 e. The van der Waals surface area contributed by atoms with Gasteiger partial charge in [0.15, 0.2) is 0 Å². The predicted octanol–water partition coefficient (Wildman–Crippen LogP) is 4.45. The van der Waals surface area contributed by atoms with E-state index in [1.54, 1.807) is 25.4 Å². The Hall–Kier alpha value is -2.81. The van der Waals surface area contributed by atoms with Crippen LogP contribution in [0, 0.1) is 5.92 Å². The molecule has 1 saturated heterocycles. The van der Waals surface area contributed by atoms with Gasteiger partial charge in [0.1, 0.15) is 11.3 Å². The number of halogens is 3. The highest BCUT2D eigenvalue weighted by molar-refractivity contribution is 5.93. The standard InChI is InChI=1S/C22H25F3N4O2/c1-3-14-6-8-29(9-7-14)12-16-5-4-15(10-19(16)31-22(23,24)25)18-13-28(2)21(30)20-17(18)11-26-27-20/h4-5,10-11,13-14H,3,6-9,12H2,1-2H3,(H,26,27). The third-order valence-electron chi connectivity index (χ3n) is 6.07. The number of rotatable bonds is 5. The maximum Gasteiger partial charge on any atom is 0.573 e. The van der Waals surface area contributed by atoms with Crippen molar-refractivity contribution >= 4 is 10.9 Å². The number of benzene rings is 1. The van der Waals surface area contributed by atoms with Gasteiger partial charge in [-0.2, -0.15) is 5.10 Å². The van der Waals surface area contributed by atoms with Crippen molar-refractivity contribution < 1.29 is 17.9 Å². The molecule has 1 aromatic carbocycles. The fraction of sp³-hybridized carbons (Fsp3) is 0.455. The minimum atomic E-state index is -4.79. The number of aromatic amines is 1. The summed E-state index contributed by atoms with van der Waals surface area (Å²) < 4.78 is 45.3. The van der Waals surface area contributed by atoms with Gasteiger partial charge in [-0.25, -0.2) is 0 Å². The van der Waals surface area contributed by atoms with E-state index in [-0.39, 0.29) is 11.3 Å². The van der Waals surface area contributed by atoms with Crippen molar-refractivity contribution in [3.63, 3.8) is 0 Å². The highest BCUT2D eigenvalue weighted by Gasteiger charge is 2.32. The van der Waals surface area contributed by atoms with Crippen molar-refractivity contribution in [2.75, 3.05) is 13.1 Å². The molecule has 9 heteroatoms. The number of hydrogen-bond acceptors (Lipinski definition) is 4. The molecule has 0 saturated carbocycles. The number of H-pyrrole nitrogens is 1. The molecule has 3 heterocycles. The van der Waals surface area contributed by atoms with Gasteiger partial charge in [-0.1, -0.05) is 25.5 Å². The third-order valence-corrected chi connectivity index (χ3v) is 6.07. The van der Waals surface area contributed by atoms with Crippen molar-refractivity contribution in [1.29, 1.82) is 0 Å². The monoisotopic (exact) mass is 434 g/mol. The topological polar surface area (TPSA) is 63.2 Å². The number of likely N-dealkylation sites (tertiary alicyclic amines) is 1. The molecule has 0 aliphatic carbocycles. The van der Waals surface area contributed by atoms with Crippen molar-refractivity contribution in [2.24, 2.45) is 13.0 Å². The summed E-state index contributed by atoms with van der Waals surface area (Å²) in [6, 6.07) is 4.84. The predicted molar refractivity (Wildman–Crippen MR) is 112 cm³/mol. The van der Waals surface area contributed by atoms with Crippen LogP contribution in [0.4, 0.5) is 13.2 Å². The minimum absolute atomic E-state index is 0.215. The first kappa shape index (κ1) is 21.4. The van der Waals surface area contributed by atoms with E-state index in [0.717, 1.165) is 32.4 Å². The van der Waals surface area contributed by atoms with Gasteiger partial charge in [0.25, 0.3) is 5.56 Å². The molecule has 0 bridgehead atoms. The molecule has 4 rings (SSSR count). The summed E-state index contributed by atoms with van der Waals surface area (Å²) in [5, 5.41) is 7.14. The Morgan fingerprint density at radius 3 is 2.68 bits per heavy atom. The normalized spacial score (nSPS) is 16.2. The molecule has 0 unspecified atom stereocenters. The van der Waals surface area contributed by atoms with E-state index in [1.807, 2.05) is 0 Å². The van der Waals surface area contributed by atoms with Crippen molar-refractivity contribution in [1.82, 2.24) is 19.7 Å². The van der Waals surface area contributed by atoms with Gasteiger partial charge in [-0.3, -0.25) is 14.8 Å². The number of nitrogens with one attached hydrogen (secondary N) is 1. The quantitative estimate of drug-likeness (QED) is 0.645. The first-order valence-corrected chi connectivity index (χ1v) is 10.4. The Balaban J connectivity index is 1.70. The SMILES string of the molecule is CCC1CCN(Cc2ccc(-c3cn(C)c(=O)c4[nH]ncc34)cc2OC(F)(F)F)CC1. The van der Waals surface area contributed by atoms with Gasteiger partial charge in [-0.05, 0) is 43.5 Å². The van der Waals surface area contributed by atoms with Crippen LogP contribution >= 0.6 is 0 Å². The number of ether oxygens (including phenoxy) is 1. The van der Waals surface area contributed by atoms with Gasteiger partial charge in [0.2, 0.25) is 0 Å². The van der Waals surface area contributed by atoms with Crippen molar-refractivity contribution in [3.8, 4) is 16.9 Å². The summed E-state index contributed by atoms with van der Waals surface area (Å²) in [5.41, 5.74) is 1.67. The molecule has 31 heavy (non-hydrogen) atoms. The number of fused-ring (bicyclic) bond motifs is 1. The van der Waals surface area contributed by atoms with Crippen LogP contribution in [-0.4, -0.2) is 39.1 Å². The number of aryl methyl sites for hydroxylation is 1. The van der Waals surface area contributed by atoms with Crippen LogP contribution in [0.15, 0.2) is 35.4 Å². The van der Waals surface area contributed by atoms with Crippen molar-refractivity contribution in [3.05, 3.63) is 46.5 Å². The lowest BCUT2D eigenvalue weighted by Crippen LogP contribution is -2.33. The lowest BCUT2D eigenvalue weighted by molar-refractivity contribution is -0.275. The molecule has 1 N–H and O–H groups in total. The summed E-state index contributed by atoms with van der Waals surface area (Å²) in [4.78, 5) is 14.4. The average molecular weight is 434 g/mol. The van der Waals surface area contributed by atoms with Gasteiger partial charge >= 0.3 is 6.36 Å². The Morgan fingerprint density at radius 1 is 1.26 bits per heavy atom. The Morgan fingerprint density at radius 2 is 2.00 bits per heavy atom. The molecule has 6 nitrogen and oxygen atoms in total. The second kappa shape index (κ2) is 8.37. The van der Waals surface area contributed by atoms with E-state index in [4.69, 9.17) is 0 Å². The second-order valence-corrected chi connectivity index (χ2v) is 8.12. The highest BCUT2D eigenvalue weighted by atomic mass is 19.4. The fourth-order valence-electron chi connectivity index (χ4n) is 4.25. The lowest BCUT2D eigenvalue weighted by Gasteiger charge is -2.32. The number of alkyl halides is 3. The zero-order valence-corrected chi connectivity index (χ0v) is 17.5. The highest BCUT2D eigenvalue weighted by Crippen LogP contribution is 2.34. The summed E-state index contributed by atoms with van der Waals surface area (Å²) in [6.45, 7) is 4.30. The number of nitrogens with zero attached hydrogens (tertiary/aromatic N) is 3. The van der Waals surface area contributed by atoms with E-state index in [1.165, 1.54) is 16.8 Å². The molecule has 0 atom stereocenters. The van der Waals surface area contributed by atoms with Crippen LogP contribution in [0.2, 0.25) is 0 Å². The number of piperidine rings is 1. The molecule has 2 aromatic heterocycles. The summed E-state index contributed by atoms with van der Waals surface area (Å²) in [7, 11) is 1.59. The number of aromatic nitrogens is 3. The molecule has 166 valence electrons. The Labute approximate surface area is 177 Å². The van der Waals surface area contributed by atoms with E-state index in [2.05, 4.69) is 26.8 Å². The van der Waals surface area contributed by atoms with Crippen LogP contribution in [0.5, 0.6) is 5.75 Å². The summed E-state index contributed by atoms with van der Waals surface area (Å²) in [5.74, 6) is 0.472. The fourth-order valence-corrected chi connectivity index (χ4v) is 4.25. The molecule has 3 aromatic rings. The minimum Gasteiger partial charge on any atom is -0.405 e. The maximum atomic E-state index is 13.2. The number of hydrogen-bond donors (Lipinski definition) is 1. The Bertz CT molecular complexity index is 1130. The second-order valence-electron chi connectivity index (χ2n) is 8.12. The van der Waals surface area contributed by atoms with Crippen LogP contribution in [0.3, 0.4) is 0 Å². The molecular weight excluding hydrogens is 409 g/mol. The molecule has 1 aliphatic heterocycles. The van der Waals surface area contributed by atoms with E-state index < -0.39 is 6.36 Å². The van der Waals surface area contributed by atoms with Crippen LogP contribution in [-0.2, 0) is 13.6 Å².